The summed E-state index contributed by atoms with van der Waals surface area (Å²) >= 11 is 0. The van der Waals surface area contributed by atoms with Crippen LogP contribution in [0.5, 0.6) is 5.75 Å². The van der Waals surface area contributed by atoms with Crippen LogP contribution in [0, 0.1) is 5.92 Å². The molecule has 2 N–H and O–H groups in total. The summed E-state index contributed by atoms with van der Waals surface area (Å²) in [5, 5.41) is 0. The van der Waals surface area contributed by atoms with E-state index in [-0.39, 0.29) is 0 Å². The summed E-state index contributed by atoms with van der Waals surface area (Å²) in [6, 6.07) is 9.68. The number of aromatic nitrogens is 2. The summed E-state index contributed by atoms with van der Waals surface area (Å²) in [6.45, 7) is 7.15. The molecule has 0 atom stereocenters. The van der Waals surface area contributed by atoms with E-state index in [0.29, 0.717) is 17.6 Å². The van der Waals surface area contributed by atoms with Crippen molar-refractivity contribution < 1.29 is 4.74 Å². The molecule has 112 valence electrons. The van der Waals surface area contributed by atoms with Crippen molar-refractivity contribution in [1.82, 2.24) is 9.97 Å². The number of anilines is 1. The predicted octanol–water partition coefficient (Wildman–Crippen LogP) is 3.71. The second-order valence-corrected chi connectivity index (χ2v) is 5.58. The van der Waals surface area contributed by atoms with Gasteiger partial charge in [-0.05, 0) is 43.0 Å². The van der Waals surface area contributed by atoms with Gasteiger partial charge in [0.2, 0.25) is 0 Å². The molecule has 0 unspecified atom stereocenters. The number of nitrogens with zero attached hydrogens (tertiary/aromatic N) is 2. The van der Waals surface area contributed by atoms with Gasteiger partial charge in [-0.1, -0.05) is 20.8 Å². The molecule has 0 aliphatic rings. The number of hydrogen-bond acceptors (Lipinski definition) is 4. The molecule has 0 bridgehead atoms. The van der Waals surface area contributed by atoms with Gasteiger partial charge in [0.1, 0.15) is 11.6 Å². The Balaban J connectivity index is 2.22. The highest BCUT2D eigenvalue weighted by Gasteiger charge is 2.07. The summed E-state index contributed by atoms with van der Waals surface area (Å²) in [5.41, 5.74) is 7.83. The minimum absolute atomic E-state index is 0.516. The summed E-state index contributed by atoms with van der Waals surface area (Å²) in [6.07, 6.45) is 1.90. The maximum Gasteiger partial charge on any atom is 0.161 e. The van der Waals surface area contributed by atoms with Crippen LogP contribution in [0.15, 0.2) is 30.3 Å². The fraction of sp³-hybridized carbons (Fsp3) is 0.412. The first kappa shape index (κ1) is 15.3. The first-order valence-electron chi connectivity index (χ1n) is 7.45. The first-order chi connectivity index (χ1) is 10.1. The molecule has 2 rings (SSSR count). The van der Waals surface area contributed by atoms with Gasteiger partial charge >= 0.3 is 0 Å². The average molecular weight is 285 g/mol. The summed E-state index contributed by atoms with van der Waals surface area (Å²) in [7, 11) is 0. The highest BCUT2D eigenvalue weighted by atomic mass is 16.5. The van der Waals surface area contributed by atoms with Crippen LogP contribution in [0.3, 0.4) is 0 Å². The summed E-state index contributed by atoms with van der Waals surface area (Å²) in [4.78, 5) is 8.93. The van der Waals surface area contributed by atoms with Crippen LogP contribution in [0.25, 0.3) is 11.4 Å². The number of benzene rings is 1. The number of nitrogen functional groups attached to an aromatic ring is 1. The number of nitrogens with two attached hydrogens (primary N) is 1. The maximum atomic E-state index is 5.89. The van der Waals surface area contributed by atoms with Crippen LogP contribution in [0.4, 0.5) is 5.82 Å². The van der Waals surface area contributed by atoms with E-state index in [0.717, 1.165) is 36.5 Å². The van der Waals surface area contributed by atoms with E-state index >= 15 is 0 Å². The minimum Gasteiger partial charge on any atom is -0.494 e. The summed E-state index contributed by atoms with van der Waals surface area (Å²) in [5.74, 6) is 2.60. The maximum absolute atomic E-state index is 5.89. The van der Waals surface area contributed by atoms with Gasteiger partial charge in [0.05, 0.1) is 6.61 Å². The first-order valence-corrected chi connectivity index (χ1v) is 7.45. The monoisotopic (exact) mass is 285 g/mol. The average Bonchev–Trinajstić information content (AvgIpc) is 2.44. The highest BCUT2D eigenvalue weighted by Crippen LogP contribution is 2.21. The number of ether oxygens (including phenoxy) is 1. The lowest BCUT2D eigenvalue weighted by Crippen LogP contribution is -2.03. The van der Waals surface area contributed by atoms with Crippen LogP contribution in [-0.4, -0.2) is 16.6 Å². The molecule has 1 aromatic carbocycles. The normalized spacial score (nSPS) is 10.9. The van der Waals surface area contributed by atoms with E-state index in [4.69, 9.17) is 10.5 Å². The Bertz CT molecular complexity index is 579. The SMILES string of the molecule is CCCOc1ccc(-c2nc(N)cc(CC(C)C)n2)cc1. The second kappa shape index (κ2) is 7.07. The fourth-order valence-corrected chi connectivity index (χ4v) is 2.09. The quantitative estimate of drug-likeness (QED) is 0.878. The number of rotatable bonds is 6. The van der Waals surface area contributed by atoms with E-state index in [1.165, 1.54) is 0 Å². The topological polar surface area (TPSA) is 61.0 Å². The Labute approximate surface area is 126 Å². The van der Waals surface area contributed by atoms with Crippen molar-refractivity contribution in [3.8, 4) is 17.1 Å². The van der Waals surface area contributed by atoms with Crippen molar-refractivity contribution >= 4 is 5.82 Å². The molecule has 0 fully saturated rings. The van der Waals surface area contributed by atoms with E-state index in [1.807, 2.05) is 30.3 Å². The van der Waals surface area contributed by atoms with E-state index in [1.54, 1.807) is 0 Å². The Hall–Kier alpha value is -2.10. The van der Waals surface area contributed by atoms with Crippen LogP contribution in [0.2, 0.25) is 0 Å². The third kappa shape index (κ3) is 4.45. The van der Waals surface area contributed by atoms with Gasteiger partial charge in [0.25, 0.3) is 0 Å². The zero-order valence-electron chi connectivity index (χ0n) is 13.0. The lowest BCUT2D eigenvalue weighted by atomic mass is 10.1. The van der Waals surface area contributed by atoms with Gasteiger partial charge in [0.15, 0.2) is 5.82 Å². The van der Waals surface area contributed by atoms with E-state index in [2.05, 4.69) is 30.7 Å². The van der Waals surface area contributed by atoms with Crippen LogP contribution < -0.4 is 10.5 Å². The Kier molecular flexibility index (Phi) is 5.14. The molecule has 0 radical (unpaired) electrons. The molecular weight excluding hydrogens is 262 g/mol. The molecule has 0 amide bonds. The van der Waals surface area contributed by atoms with Gasteiger partial charge in [-0.15, -0.1) is 0 Å². The van der Waals surface area contributed by atoms with Crippen molar-refractivity contribution in [1.29, 1.82) is 0 Å². The van der Waals surface area contributed by atoms with Crippen molar-refractivity contribution in [3.05, 3.63) is 36.0 Å². The lowest BCUT2D eigenvalue weighted by molar-refractivity contribution is 0.317. The third-order valence-electron chi connectivity index (χ3n) is 3.00. The molecular formula is C17H23N3O. The van der Waals surface area contributed by atoms with Crippen LogP contribution in [0.1, 0.15) is 32.9 Å². The molecule has 1 aromatic heterocycles. The Morgan fingerprint density at radius 3 is 2.48 bits per heavy atom. The molecule has 0 aliphatic heterocycles. The molecule has 2 aromatic rings. The van der Waals surface area contributed by atoms with E-state index < -0.39 is 0 Å². The molecule has 4 nitrogen and oxygen atoms in total. The molecule has 0 spiro atoms. The molecule has 4 heteroatoms. The van der Waals surface area contributed by atoms with Crippen molar-refractivity contribution in [3.63, 3.8) is 0 Å². The zero-order chi connectivity index (χ0) is 15.2. The molecule has 21 heavy (non-hydrogen) atoms. The Morgan fingerprint density at radius 2 is 1.86 bits per heavy atom. The van der Waals surface area contributed by atoms with Gasteiger partial charge in [0, 0.05) is 17.3 Å². The van der Waals surface area contributed by atoms with Crippen molar-refractivity contribution in [2.45, 2.75) is 33.6 Å². The summed E-state index contributed by atoms with van der Waals surface area (Å²) < 4.78 is 5.58. The fourth-order valence-electron chi connectivity index (χ4n) is 2.09. The lowest BCUT2D eigenvalue weighted by Gasteiger charge is -2.09. The predicted molar refractivity (Wildman–Crippen MR) is 86.2 cm³/mol. The molecule has 0 aliphatic carbocycles. The third-order valence-corrected chi connectivity index (χ3v) is 3.00. The zero-order valence-corrected chi connectivity index (χ0v) is 13.0. The second-order valence-electron chi connectivity index (χ2n) is 5.58. The van der Waals surface area contributed by atoms with Crippen molar-refractivity contribution in [2.24, 2.45) is 5.92 Å². The number of hydrogen-bond donors (Lipinski definition) is 1. The van der Waals surface area contributed by atoms with Gasteiger partial charge in [-0.3, -0.25) is 0 Å². The van der Waals surface area contributed by atoms with Gasteiger partial charge in [-0.2, -0.15) is 0 Å². The largest absolute Gasteiger partial charge is 0.494 e. The van der Waals surface area contributed by atoms with Gasteiger partial charge < -0.3 is 10.5 Å². The van der Waals surface area contributed by atoms with Crippen LogP contribution >= 0.6 is 0 Å². The van der Waals surface area contributed by atoms with Gasteiger partial charge in [-0.25, -0.2) is 9.97 Å². The minimum atomic E-state index is 0.516. The van der Waals surface area contributed by atoms with E-state index in [9.17, 15) is 0 Å². The smallest absolute Gasteiger partial charge is 0.161 e. The Morgan fingerprint density at radius 1 is 1.14 bits per heavy atom. The molecule has 0 saturated carbocycles. The highest BCUT2D eigenvalue weighted by molar-refractivity contribution is 5.58. The standard InChI is InChI=1S/C17H23N3O/c1-4-9-21-15-7-5-13(6-8-15)17-19-14(10-12(2)3)11-16(18)20-17/h5-8,11-12H,4,9-10H2,1-3H3,(H2,18,19,20). The van der Waals surface area contributed by atoms with Crippen LogP contribution in [-0.2, 0) is 6.42 Å². The molecule has 1 heterocycles. The van der Waals surface area contributed by atoms with Crippen molar-refractivity contribution in [2.75, 3.05) is 12.3 Å². The molecule has 0 saturated heterocycles.